The molecule has 0 saturated carbocycles. The number of anilines is 1. The summed E-state index contributed by atoms with van der Waals surface area (Å²) in [5, 5.41) is 20.7. The van der Waals surface area contributed by atoms with Gasteiger partial charge in [-0.3, -0.25) is 14.5 Å². The lowest BCUT2D eigenvalue weighted by molar-refractivity contribution is 0.0791. The number of nitrogens with zero attached hydrogens (tertiary/aromatic N) is 2. The van der Waals surface area contributed by atoms with Crippen molar-refractivity contribution in [2.24, 2.45) is 0 Å². The molecule has 1 aliphatic carbocycles. The van der Waals surface area contributed by atoms with E-state index in [0.717, 1.165) is 11.8 Å². The van der Waals surface area contributed by atoms with Crippen LogP contribution in [0.1, 0.15) is 22.3 Å². The van der Waals surface area contributed by atoms with Crippen LogP contribution in [0.15, 0.2) is 42.1 Å². The van der Waals surface area contributed by atoms with Gasteiger partial charge in [-0.25, -0.2) is 8.42 Å². The van der Waals surface area contributed by atoms with E-state index in [1.165, 1.54) is 11.1 Å². The maximum Gasteiger partial charge on any atom is 0.258 e. The fourth-order valence-electron chi connectivity index (χ4n) is 3.57. The number of pyridine rings is 1. The highest BCUT2D eigenvalue weighted by atomic mass is 32.2. The van der Waals surface area contributed by atoms with E-state index in [0.29, 0.717) is 17.4 Å². The first kappa shape index (κ1) is 18.5. The number of rotatable bonds is 4. The molecular weight excluding hydrogens is 382 g/mol. The smallest absolute Gasteiger partial charge is 0.258 e. The molecule has 1 unspecified atom stereocenters. The van der Waals surface area contributed by atoms with Gasteiger partial charge in [-0.2, -0.15) is 0 Å². The zero-order chi connectivity index (χ0) is 20.1. The van der Waals surface area contributed by atoms with Crippen LogP contribution in [0.2, 0.25) is 0 Å². The highest BCUT2D eigenvalue weighted by Gasteiger charge is 2.35. The topological polar surface area (TPSA) is 120 Å². The number of benzene rings is 1. The minimum absolute atomic E-state index is 0.0674. The van der Waals surface area contributed by atoms with Gasteiger partial charge in [0.05, 0.1) is 23.6 Å². The minimum atomic E-state index is -3.61. The van der Waals surface area contributed by atoms with Gasteiger partial charge in [0, 0.05) is 30.2 Å². The normalized spacial score (nSPS) is 19.1. The van der Waals surface area contributed by atoms with Crippen molar-refractivity contribution in [3.63, 3.8) is 0 Å². The van der Waals surface area contributed by atoms with Gasteiger partial charge < -0.3 is 15.1 Å². The zero-order valence-corrected chi connectivity index (χ0v) is 15.9. The average molecular weight is 401 g/mol. The van der Waals surface area contributed by atoms with Gasteiger partial charge in [0.1, 0.15) is 5.52 Å². The largest absolute Gasteiger partial charge is 0.505 e. The van der Waals surface area contributed by atoms with Crippen molar-refractivity contribution in [3.8, 4) is 5.75 Å². The first-order valence-electron chi connectivity index (χ1n) is 8.69. The molecule has 1 aliphatic heterocycles. The van der Waals surface area contributed by atoms with E-state index >= 15 is 0 Å². The van der Waals surface area contributed by atoms with Gasteiger partial charge in [-0.1, -0.05) is 18.2 Å². The molecule has 0 bridgehead atoms. The van der Waals surface area contributed by atoms with Crippen LogP contribution in [0.4, 0.5) is 5.69 Å². The van der Waals surface area contributed by atoms with E-state index < -0.39 is 22.0 Å². The van der Waals surface area contributed by atoms with E-state index in [1.807, 2.05) is 6.08 Å². The number of amides is 1. The third-order valence-corrected chi connectivity index (χ3v) is 5.38. The maximum absolute atomic E-state index is 13.0. The highest BCUT2D eigenvalue weighted by molar-refractivity contribution is 7.92. The number of fused-ring (bicyclic) bond motifs is 2. The molecule has 0 saturated heterocycles. The van der Waals surface area contributed by atoms with Crippen molar-refractivity contribution in [1.29, 1.82) is 0 Å². The third-order valence-electron chi connectivity index (χ3n) is 4.81. The van der Waals surface area contributed by atoms with Gasteiger partial charge in [0.15, 0.2) is 5.75 Å². The molecule has 146 valence electrons. The monoisotopic (exact) mass is 401 g/mol. The summed E-state index contributed by atoms with van der Waals surface area (Å²) in [6.07, 6.45) is 7.73. The minimum Gasteiger partial charge on any atom is -0.505 e. The first-order chi connectivity index (χ1) is 13.2. The SMILES string of the molecule is CS(=O)(=O)Nc1c2c(c(O)c3ncccc13)C(=O)N(CC1=CCC(O)C=C1)C2. The lowest BCUT2D eigenvalue weighted by Gasteiger charge is -2.19. The van der Waals surface area contributed by atoms with Gasteiger partial charge in [-0.15, -0.1) is 0 Å². The lowest BCUT2D eigenvalue weighted by Crippen LogP contribution is -2.26. The van der Waals surface area contributed by atoms with Crippen molar-refractivity contribution < 1.29 is 23.4 Å². The molecule has 1 amide bonds. The van der Waals surface area contributed by atoms with E-state index in [9.17, 15) is 23.4 Å². The van der Waals surface area contributed by atoms with Crippen molar-refractivity contribution in [2.75, 3.05) is 17.5 Å². The fourth-order valence-corrected chi connectivity index (χ4v) is 4.18. The van der Waals surface area contributed by atoms with Crippen LogP contribution in [-0.4, -0.2) is 53.3 Å². The Hall–Kier alpha value is -2.91. The van der Waals surface area contributed by atoms with Crippen molar-refractivity contribution in [3.05, 3.63) is 53.3 Å². The maximum atomic E-state index is 13.0. The Morgan fingerprint density at radius 1 is 1.39 bits per heavy atom. The third kappa shape index (κ3) is 3.23. The summed E-state index contributed by atoms with van der Waals surface area (Å²) in [7, 11) is -3.61. The number of hydrogen-bond donors (Lipinski definition) is 3. The molecule has 0 fully saturated rings. The number of aliphatic hydroxyl groups is 1. The van der Waals surface area contributed by atoms with Crippen LogP contribution in [-0.2, 0) is 16.6 Å². The number of carbonyl (C=O) groups is 1. The number of aliphatic hydroxyl groups excluding tert-OH is 1. The number of carbonyl (C=O) groups excluding carboxylic acids is 1. The molecule has 1 aromatic carbocycles. The lowest BCUT2D eigenvalue weighted by atomic mass is 10.0. The summed E-state index contributed by atoms with van der Waals surface area (Å²) in [6.45, 7) is 0.441. The van der Waals surface area contributed by atoms with Gasteiger partial charge in [0.25, 0.3) is 5.91 Å². The number of aromatic nitrogens is 1. The second kappa shape index (κ2) is 6.61. The van der Waals surface area contributed by atoms with Crippen LogP contribution in [0.25, 0.3) is 10.9 Å². The molecule has 1 aromatic heterocycles. The molecule has 4 rings (SSSR count). The highest BCUT2D eigenvalue weighted by Crippen LogP contribution is 2.42. The Kier molecular flexibility index (Phi) is 4.35. The molecular formula is C19H19N3O5S. The number of sulfonamides is 1. The Labute approximate surface area is 161 Å². The van der Waals surface area contributed by atoms with Crippen LogP contribution in [0.5, 0.6) is 5.75 Å². The first-order valence-corrected chi connectivity index (χ1v) is 10.6. The van der Waals surface area contributed by atoms with Crippen LogP contribution < -0.4 is 4.72 Å². The number of nitrogens with one attached hydrogen (secondary N) is 1. The van der Waals surface area contributed by atoms with E-state index in [2.05, 4.69) is 9.71 Å². The van der Waals surface area contributed by atoms with Crippen LogP contribution in [0.3, 0.4) is 0 Å². The Morgan fingerprint density at radius 2 is 2.18 bits per heavy atom. The standard InChI is InChI=1S/C19H19N3O5S/c1-28(26,27)21-16-13-3-2-8-20-17(13)18(24)15-14(16)10-22(19(15)25)9-11-4-6-12(23)7-5-11/h2-6,8,12,21,23-24H,7,9-10H2,1H3. The Morgan fingerprint density at radius 3 is 2.86 bits per heavy atom. The summed E-state index contributed by atoms with van der Waals surface area (Å²) in [5.41, 5.74) is 1.79. The second-order valence-corrected chi connectivity index (χ2v) is 8.70. The molecule has 0 spiro atoms. The summed E-state index contributed by atoms with van der Waals surface area (Å²) in [6, 6.07) is 3.29. The van der Waals surface area contributed by atoms with Crippen LogP contribution >= 0.6 is 0 Å². The van der Waals surface area contributed by atoms with Gasteiger partial charge >= 0.3 is 0 Å². The molecule has 0 radical (unpaired) electrons. The van der Waals surface area contributed by atoms with Gasteiger partial charge in [-0.05, 0) is 24.1 Å². The van der Waals surface area contributed by atoms with E-state index in [1.54, 1.807) is 24.3 Å². The number of phenolic OH excluding ortho intramolecular Hbond substituents is 1. The number of phenols is 1. The fraction of sp³-hybridized carbons (Fsp3) is 0.263. The zero-order valence-electron chi connectivity index (χ0n) is 15.1. The van der Waals surface area contributed by atoms with E-state index in [4.69, 9.17) is 0 Å². The summed E-state index contributed by atoms with van der Waals surface area (Å²) in [5.74, 6) is -0.641. The Balaban J connectivity index is 1.80. The molecule has 2 aliphatic rings. The van der Waals surface area contributed by atoms with Crippen LogP contribution in [0, 0.1) is 0 Å². The molecule has 3 N–H and O–H groups in total. The average Bonchev–Trinajstić information content (AvgIpc) is 2.96. The molecule has 2 aromatic rings. The summed E-state index contributed by atoms with van der Waals surface area (Å²) in [4.78, 5) is 18.6. The van der Waals surface area contributed by atoms with E-state index in [-0.39, 0.29) is 35.6 Å². The van der Waals surface area contributed by atoms with Gasteiger partial charge in [0.2, 0.25) is 10.0 Å². The second-order valence-electron chi connectivity index (χ2n) is 6.95. The molecule has 2 heterocycles. The predicted molar refractivity (Wildman–Crippen MR) is 104 cm³/mol. The van der Waals surface area contributed by atoms with Crippen molar-refractivity contribution in [2.45, 2.75) is 19.1 Å². The molecule has 28 heavy (non-hydrogen) atoms. The number of aromatic hydroxyl groups is 1. The number of hydrogen-bond acceptors (Lipinski definition) is 6. The predicted octanol–water partition coefficient (Wildman–Crippen LogP) is 1.51. The quantitative estimate of drug-likeness (QED) is 0.668. The molecule has 8 nitrogen and oxygen atoms in total. The molecule has 9 heteroatoms. The Bertz CT molecular complexity index is 1150. The van der Waals surface area contributed by atoms with Crippen molar-refractivity contribution in [1.82, 2.24) is 9.88 Å². The molecule has 1 atom stereocenters. The van der Waals surface area contributed by atoms with Crippen molar-refractivity contribution >= 4 is 32.5 Å². The summed E-state index contributed by atoms with van der Waals surface area (Å²) >= 11 is 0. The summed E-state index contributed by atoms with van der Waals surface area (Å²) < 4.78 is 26.3.